The van der Waals surface area contributed by atoms with Gasteiger partial charge in [-0.15, -0.1) is 0 Å². The molecule has 1 aliphatic rings. The van der Waals surface area contributed by atoms with Crippen LogP contribution in [0.5, 0.6) is 11.5 Å². The molecule has 3 aromatic rings. The summed E-state index contributed by atoms with van der Waals surface area (Å²) in [7, 11) is 1.61. The van der Waals surface area contributed by atoms with Crippen molar-refractivity contribution in [2.24, 2.45) is 5.92 Å². The van der Waals surface area contributed by atoms with Gasteiger partial charge in [-0.05, 0) is 127 Å². The third-order valence-electron chi connectivity index (χ3n) is 7.83. The number of amides is 1. The molecular formula is C35H44N2O5. The number of hydrogen-bond acceptors (Lipinski definition) is 6. The van der Waals surface area contributed by atoms with Gasteiger partial charge in [0.25, 0.3) is 5.91 Å². The van der Waals surface area contributed by atoms with Crippen molar-refractivity contribution in [3.05, 3.63) is 87.3 Å². The quantitative estimate of drug-likeness (QED) is 0.126. The highest BCUT2D eigenvalue weighted by atomic mass is 16.5. The van der Waals surface area contributed by atoms with Gasteiger partial charge < -0.3 is 24.5 Å². The summed E-state index contributed by atoms with van der Waals surface area (Å²) >= 11 is 0. The largest absolute Gasteiger partial charge is 0.496 e. The summed E-state index contributed by atoms with van der Waals surface area (Å²) in [5, 5.41) is 6.95. The minimum atomic E-state index is -0.611. The molecule has 0 radical (unpaired) electrons. The van der Waals surface area contributed by atoms with Crippen molar-refractivity contribution in [1.29, 1.82) is 0 Å². The van der Waals surface area contributed by atoms with Crippen LogP contribution in [0.2, 0.25) is 0 Å². The second kappa shape index (κ2) is 14.9. The Morgan fingerprint density at radius 1 is 1.14 bits per heavy atom. The van der Waals surface area contributed by atoms with E-state index in [2.05, 4.69) is 23.3 Å². The number of aryl methyl sites for hydroxylation is 1. The van der Waals surface area contributed by atoms with E-state index >= 15 is 0 Å². The van der Waals surface area contributed by atoms with Gasteiger partial charge >= 0.3 is 5.63 Å². The van der Waals surface area contributed by atoms with E-state index in [1.165, 1.54) is 43.3 Å². The number of benzene rings is 2. The first-order chi connectivity index (χ1) is 20.2. The summed E-state index contributed by atoms with van der Waals surface area (Å²) in [4.78, 5) is 25.9. The number of anilines is 1. The lowest BCUT2D eigenvalue weighted by molar-refractivity contribution is 0.102. The number of allylic oxidation sites excluding steroid dienone is 3. The zero-order valence-corrected chi connectivity index (χ0v) is 25.4. The number of methoxy groups -OCH3 is 1. The molecule has 42 heavy (non-hydrogen) atoms. The number of rotatable bonds is 13. The van der Waals surface area contributed by atoms with Gasteiger partial charge in [-0.1, -0.05) is 23.8 Å². The maximum absolute atomic E-state index is 13.0. The van der Waals surface area contributed by atoms with E-state index in [1.54, 1.807) is 31.4 Å². The van der Waals surface area contributed by atoms with Crippen LogP contribution >= 0.6 is 0 Å². The van der Waals surface area contributed by atoms with Gasteiger partial charge in [0.1, 0.15) is 22.8 Å². The summed E-state index contributed by atoms with van der Waals surface area (Å²) < 4.78 is 17.1. The fourth-order valence-corrected chi connectivity index (χ4v) is 5.45. The number of carbonyl (C=O) groups excluding carboxylic acids is 1. The lowest BCUT2D eigenvalue weighted by Crippen LogP contribution is -2.22. The summed E-state index contributed by atoms with van der Waals surface area (Å²) in [6.07, 6.45) is 9.76. The van der Waals surface area contributed by atoms with Crippen LogP contribution in [0.25, 0.3) is 11.0 Å². The fourth-order valence-electron chi connectivity index (χ4n) is 5.45. The predicted molar refractivity (Wildman–Crippen MR) is 170 cm³/mol. The van der Waals surface area contributed by atoms with Crippen molar-refractivity contribution in [3.63, 3.8) is 0 Å². The minimum absolute atomic E-state index is 0.0888. The van der Waals surface area contributed by atoms with Crippen molar-refractivity contribution in [3.8, 4) is 11.5 Å². The van der Waals surface area contributed by atoms with Gasteiger partial charge in [-0.25, -0.2) is 4.79 Å². The molecule has 0 bridgehead atoms. The minimum Gasteiger partial charge on any atom is -0.496 e. The van der Waals surface area contributed by atoms with Gasteiger partial charge in [-0.3, -0.25) is 4.79 Å². The normalized spacial score (nSPS) is 15.0. The highest BCUT2D eigenvalue weighted by molar-refractivity contribution is 6.05. The molecule has 1 fully saturated rings. The highest BCUT2D eigenvalue weighted by Crippen LogP contribution is 2.30. The molecule has 7 nitrogen and oxygen atoms in total. The van der Waals surface area contributed by atoms with E-state index in [0.29, 0.717) is 41.1 Å². The van der Waals surface area contributed by atoms with Crippen molar-refractivity contribution in [2.75, 3.05) is 32.1 Å². The monoisotopic (exact) mass is 572 g/mol. The average Bonchev–Trinajstić information content (AvgIpc) is 2.97. The Morgan fingerprint density at radius 3 is 2.71 bits per heavy atom. The van der Waals surface area contributed by atoms with Crippen LogP contribution in [-0.4, -0.2) is 32.7 Å². The van der Waals surface area contributed by atoms with Gasteiger partial charge in [0, 0.05) is 16.5 Å². The molecular weight excluding hydrogens is 528 g/mol. The second-order valence-electron chi connectivity index (χ2n) is 11.5. The van der Waals surface area contributed by atoms with Gasteiger partial charge in [0.2, 0.25) is 0 Å². The molecule has 224 valence electrons. The Kier molecular flexibility index (Phi) is 11.0. The fraction of sp³-hybridized carbons (Fsp3) is 0.429. The molecule has 2 N–H and O–H groups in total. The zero-order valence-electron chi connectivity index (χ0n) is 25.4. The Morgan fingerprint density at radius 2 is 1.95 bits per heavy atom. The number of ether oxygens (including phenoxy) is 2. The van der Waals surface area contributed by atoms with Crippen molar-refractivity contribution in [1.82, 2.24) is 5.32 Å². The van der Waals surface area contributed by atoms with E-state index < -0.39 is 11.5 Å². The summed E-state index contributed by atoms with van der Waals surface area (Å²) in [5.41, 5.74) is 4.59. The van der Waals surface area contributed by atoms with Crippen LogP contribution in [0.3, 0.4) is 0 Å². The van der Waals surface area contributed by atoms with E-state index in [-0.39, 0.29) is 5.69 Å². The first-order valence-corrected chi connectivity index (χ1v) is 14.9. The van der Waals surface area contributed by atoms with Crippen LogP contribution < -0.4 is 25.7 Å². The van der Waals surface area contributed by atoms with E-state index in [4.69, 9.17) is 13.9 Å². The number of fused-ring (bicyclic) bond motifs is 1. The Labute approximate surface area is 249 Å². The zero-order chi connectivity index (χ0) is 30.1. The van der Waals surface area contributed by atoms with Crippen LogP contribution in [-0.2, 0) is 6.42 Å². The molecule has 2 aromatic carbocycles. The van der Waals surface area contributed by atoms with Gasteiger partial charge in [-0.2, -0.15) is 0 Å². The molecule has 0 spiro atoms. The summed E-state index contributed by atoms with van der Waals surface area (Å²) in [5.74, 6) is 1.77. The summed E-state index contributed by atoms with van der Waals surface area (Å²) in [6.45, 7) is 12.6. The van der Waals surface area contributed by atoms with E-state index in [0.717, 1.165) is 36.6 Å². The van der Waals surface area contributed by atoms with Crippen LogP contribution in [0.4, 0.5) is 5.69 Å². The predicted octanol–water partition coefficient (Wildman–Crippen LogP) is 7.37. The van der Waals surface area contributed by atoms with E-state index in [9.17, 15) is 9.59 Å². The molecule has 0 saturated heterocycles. The van der Waals surface area contributed by atoms with Crippen LogP contribution in [0.1, 0.15) is 73.9 Å². The lowest BCUT2D eigenvalue weighted by Gasteiger charge is -2.23. The van der Waals surface area contributed by atoms with Crippen LogP contribution in [0.15, 0.2) is 69.4 Å². The molecule has 1 aromatic heterocycles. The third kappa shape index (κ3) is 8.35. The Balaban J connectivity index is 1.33. The first kappa shape index (κ1) is 31.1. The Hall–Kier alpha value is -3.84. The molecule has 0 aliphatic heterocycles. The maximum Gasteiger partial charge on any atom is 0.360 e. The van der Waals surface area contributed by atoms with Crippen molar-refractivity contribution >= 4 is 22.6 Å². The standard InChI is InChI=1S/C35H44N2O5/c1-23(2)10-11-27-21-29(13-15-32(27)40-5)34(38)37-30-22-28-12-14-31(25(4)33(28)42-35(30)39)41-19-7-17-36-18-16-26-9-6-8-24(3)20-26/h10,12-15,21-22,26,36H,3,6-9,11,16-20H2,1-2,4-5H3,(H,37,38). The number of hydrogen-bond donors (Lipinski definition) is 2. The molecule has 4 rings (SSSR count). The number of nitrogens with one attached hydrogen (secondary N) is 2. The lowest BCUT2D eigenvalue weighted by atomic mass is 9.84. The second-order valence-corrected chi connectivity index (χ2v) is 11.5. The Bertz CT molecular complexity index is 1500. The smallest absolute Gasteiger partial charge is 0.360 e. The third-order valence-corrected chi connectivity index (χ3v) is 7.83. The molecule has 1 aliphatic carbocycles. The highest BCUT2D eigenvalue weighted by Gasteiger charge is 2.16. The maximum atomic E-state index is 13.0. The molecule has 1 heterocycles. The molecule has 1 atom stereocenters. The van der Waals surface area contributed by atoms with Crippen molar-refractivity contribution < 1.29 is 18.7 Å². The van der Waals surface area contributed by atoms with Gasteiger partial charge in [0.15, 0.2) is 0 Å². The molecule has 1 amide bonds. The van der Waals surface area contributed by atoms with Crippen molar-refractivity contribution in [2.45, 2.75) is 65.7 Å². The first-order valence-electron chi connectivity index (χ1n) is 14.9. The molecule has 1 saturated carbocycles. The summed E-state index contributed by atoms with van der Waals surface area (Å²) in [6, 6.07) is 10.6. The number of carbonyl (C=O) groups is 1. The topological polar surface area (TPSA) is 89.8 Å². The SMILES string of the molecule is C=C1CCCC(CCNCCCOc2ccc3cc(NC(=O)c4ccc(OC)c(CC=C(C)C)c4)c(=O)oc3c2C)C1. The van der Waals surface area contributed by atoms with Gasteiger partial charge in [0.05, 0.1) is 13.7 Å². The molecule has 7 heteroatoms. The van der Waals surface area contributed by atoms with E-state index in [1.807, 2.05) is 32.9 Å². The molecule has 1 unspecified atom stereocenters. The van der Waals surface area contributed by atoms with Crippen LogP contribution in [0, 0.1) is 12.8 Å². The average molecular weight is 573 g/mol.